The third-order valence-corrected chi connectivity index (χ3v) is 8.75. The number of hydrogen-bond acceptors (Lipinski definition) is 7. The fourth-order valence-corrected chi connectivity index (χ4v) is 6.90. The smallest absolute Gasteiger partial charge is 0.289 e. The Morgan fingerprint density at radius 3 is 2.76 bits per heavy atom. The van der Waals surface area contributed by atoms with Gasteiger partial charge in [0.05, 0.1) is 21.7 Å². The predicted molar refractivity (Wildman–Crippen MR) is 149 cm³/mol. The monoisotopic (exact) mass is 554 g/mol. The predicted octanol–water partition coefficient (Wildman–Crippen LogP) is 6.24. The molecular weight excluding hydrogens is 532 g/mol. The number of carbonyl (C=O) groups is 1. The molecule has 2 aromatic carbocycles. The maximum atomic E-state index is 13.9. The molecule has 1 N–H and O–H groups in total. The first-order valence-electron chi connectivity index (χ1n) is 11.7. The lowest BCUT2D eigenvalue weighted by molar-refractivity contribution is -0.384. The number of nitrogens with one attached hydrogen (secondary N) is 1. The van der Waals surface area contributed by atoms with Gasteiger partial charge >= 0.3 is 0 Å². The van der Waals surface area contributed by atoms with Gasteiger partial charge in [-0.3, -0.25) is 24.3 Å². The van der Waals surface area contributed by atoms with Crippen LogP contribution in [0.15, 0.2) is 46.3 Å². The van der Waals surface area contributed by atoms with E-state index in [0.29, 0.717) is 15.4 Å². The van der Waals surface area contributed by atoms with Crippen molar-refractivity contribution in [3.63, 3.8) is 0 Å². The number of thioether (sulfide) groups is 1. The summed E-state index contributed by atoms with van der Waals surface area (Å²) in [6.07, 6.45) is 4.00. The highest BCUT2D eigenvalue weighted by Gasteiger charge is 2.24. The topological polar surface area (TPSA) is 107 Å². The van der Waals surface area contributed by atoms with Crippen LogP contribution < -0.4 is 10.9 Å². The molecule has 2 aromatic heterocycles. The molecule has 11 heteroatoms. The third kappa shape index (κ3) is 5.01. The normalized spacial score (nSPS) is 12.9. The van der Waals surface area contributed by atoms with Gasteiger partial charge in [-0.25, -0.2) is 4.98 Å². The number of hydrogen-bond donors (Lipinski definition) is 1. The number of nitrogens with zero attached hydrogens (tertiary/aromatic N) is 3. The van der Waals surface area contributed by atoms with E-state index in [1.54, 1.807) is 15.9 Å². The van der Waals surface area contributed by atoms with Gasteiger partial charge in [-0.2, -0.15) is 0 Å². The van der Waals surface area contributed by atoms with Crippen molar-refractivity contribution in [2.75, 3.05) is 11.1 Å². The number of aryl methyl sites for hydroxylation is 4. The fourth-order valence-electron chi connectivity index (χ4n) is 4.61. The van der Waals surface area contributed by atoms with Crippen molar-refractivity contribution in [2.24, 2.45) is 0 Å². The van der Waals surface area contributed by atoms with E-state index in [4.69, 9.17) is 16.6 Å². The molecule has 1 amide bonds. The molecular formula is C26H23ClN4O4S2. The molecule has 1 aliphatic rings. The van der Waals surface area contributed by atoms with E-state index < -0.39 is 4.92 Å². The Bertz CT molecular complexity index is 1630. The number of nitro groups is 1. The molecule has 0 saturated heterocycles. The van der Waals surface area contributed by atoms with Gasteiger partial charge in [0.2, 0.25) is 5.91 Å². The minimum absolute atomic E-state index is 0.00833. The lowest BCUT2D eigenvalue weighted by Crippen LogP contribution is -2.24. The molecule has 0 aliphatic heterocycles. The van der Waals surface area contributed by atoms with E-state index in [1.165, 1.54) is 23.1 Å². The van der Waals surface area contributed by atoms with E-state index >= 15 is 0 Å². The van der Waals surface area contributed by atoms with Crippen molar-refractivity contribution in [1.82, 2.24) is 9.55 Å². The van der Waals surface area contributed by atoms with Gasteiger partial charge in [-0.15, -0.1) is 11.3 Å². The van der Waals surface area contributed by atoms with Crippen LogP contribution in [-0.4, -0.2) is 26.1 Å². The van der Waals surface area contributed by atoms with Crippen LogP contribution in [0.5, 0.6) is 0 Å². The first kappa shape index (κ1) is 25.4. The summed E-state index contributed by atoms with van der Waals surface area (Å²) in [6, 6.07) is 9.98. The Balaban J connectivity index is 1.51. The summed E-state index contributed by atoms with van der Waals surface area (Å²) in [6.45, 7) is 3.95. The molecule has 1 aliphatic carbocycles. The minimum Gasteiger partial charge on any atom is -0.325 e. The van der Waals surface area contributed by atoms with Crippen molar-refractivity contribution in [2.45, 2.75) is 44.7 Å². The average Bonchev–Trinajstić information content (AvgIpc) is 3.23. The van der Waals surface area contributed by atoms with Crippen molar-refractivity contribution in [3.05, 3.63) is 83.5 Å². The molecule has 0 saturated carbocycles. The van der Waals surface area contributed by atoms with Crippen molar-refractivity contribution >= 4 is 62.2 Å². The SMILES string of the molecule is Cc1ccc(-n2c(SCC(=O)Nc3ccc(Cl)c([N+](=O)[O-])c3)nc3sc4c(c3c2=O)CCCC4)c(C)c1. The van der Waals surface area contributed by atoms with Crippen LogP contribution in [0.3, 0.4) is 0 Å². The second-order valence-corrected chi connectivity index (χ2v) is 11.4. The molecule has 0 unspecified atom stereocenters. The van der Waals surface area contributed by atoms with Crippen LogP contribution in [0.2, 0.25) is 5.02 Å². The second-order valence-electron chi connectivity index (χ2n) is 8.98. The summed E-state index contributed by atoms with van der Waals surface area (Å²) in [4.78, 5) is 44.1. The summed E-state index contributed by atoms with van der Waals surface area (Å²) in [5.74, 6) is -0.418. The number of carbonyl (C=O) groups excluding carboxylic acids is 1. The zero-order valence-electron chi connectivity index (χ0n) is 20.2. The molecule has 0 fully saturated rings. The van der Waals surface area contributed by atoms with Gasteiger partial charge in [0.15, 0.2) is 5.16 Å². The summed E-state index contributed by atoms with van der Waals surface area (Å²) in [5.41, 5.74) is 3.73. The molecule has 2 heterocycles. The summed E-state index contributed by atoms with van der Waals surface area (Å²) in [7, 11) is 0. The van der Waals surface area contributed by atoms with Gasteiger partial charge in [0, 0.05) is 16.6 Å². The van der Waals surface area contributed by atoms with Gasteiger partial charge in [-0.05, 0) is 68.9 Å². The second kappa shape index (κ2) is 10.3. The van der Waals surface area contributed by atoms with Gasteiger partial charge in [0.25, 0.3) is 11.2 Å². The fraction of sp³-hybridized carbons (Fsp3) is 0.269. The first-order chi connectivity index (χ1) is 17.7. The lowest BCUT2D eigenvalue weighted by atomic mass is 9.97. The Hall–Kier alpha value is -3.21. The third-order valence-electron chi connectivity index (χ3n) is 6.31. The van der Waals surface area contributed by atoms with E-state index in [9.17, 15) is 19.7 Å². The zero-order chi connectivity index (χ0) is 26.3. The van der Waals surface area contributed by atoms with Crippen LogP contribution in [-0.2, 0) is 17.6 Å². The maximum absolute atomic E-state index is 13.9. The average molecular weight is 555 g/mol. The highest BCUT2D eigenvalue weighted by Crippen LogP contribution is 2.35. The Kier molecular flexibility index (Phi) is 7.06. The summed E-state index contributed by atoms with van der Waals surface area (Å²) in [5, 5.41) is 14.9. The Morgan fingerprint density at radius 1 is 1.22 bits per heavy atom. The van der Waals surface area contributed by atoms with E-state index in [-0.39, 0.29) is 33.6 Å². The Morgan fingerprint density at radius 2 is 2.00 bits per heavy atom. The number of anilines is 1. The van der Waals surface area contributed by atoms with E-state index in [1.807, 2.05) is 32.0 Å². The summed E-state index contributed by atoms with van der Waals surface area (Å²) >= 11 is 8.59. The van der Waals surface area contributed by atoms with Crippen LogP contribution in [0.4, 0.5) is 11.4 Å². The highest BCUT2D eigenvalue weighted by atomic mass is 35.5. The molecule has 190 valence electrons. The number of halogens is 1. The molecule has 37 heavy (non-hydrogen) atoms. The molecule has 5 rings (SSSR count). The molecule has 0 atom stereocenters. The molecule has 0 spiro atoms. The molecule has 8 nitrogen and oxygen atoms in total. The van der Waals surface area contributed by atoms with E-state index in [2.05, 4.69) is 5.32 Å². The number of rotatable bonds is 6. The maximum Gasteiger partial charge on any atom is 0.289 e. The first-order valence-corrected chi connectivity index (χ1v) is 13.9. The van der Waals surface area contributed by atoms with Crippen LogP contribution in [0.1, 0.15) is 34.4 Å². The van der Waals surface area contributed by atoms with Gasteiger partial charge in [-0.1, -0.05) is 41.1 Å². The number of nitro benzene ring substituents is 1. The number of fused-ring (bicyclic) bond motifs is 3. The van der Waals surface area contributed by atoms with Crippen LogP contribution in [0, 0.1) is 24.0 Å². The largest absolute Gasteiger partial charge is 0.325 e. The molecule has 0 radical (unpaired) electrons. The van der Waals surface area contributed by atoms with Crippen LogP contribution in [0.25, 0.3) is 15.9 Å². The quantitative estimate of drug-likeness (QED) is 0.131. The van der Waals surface area contributed by atoms with Gasteiger partial charge < -0.3 is 5.32 Å². The number of amides is 1. The minimum atomic E-state index is -0.602. The summed E-state index contributed by atoms with van der Waals surface area (Å²) < 4.78 is 1.61. The highest BCUT2D eigenvalue weighted by molar-refractivity contribution is 7.99. The van der Waals surface area contributed by atoms with E-state index in [0.717, 1.165) is 59.8 Å². The number of benzene rings is 2. The number of thiophene rings is 1. The zero-order valence-corrected chi connectivity index (χ0v) is 22.6. The van der Waals surface area contributed by atoms with Crippen LogP contribution >= 0.6 is 34.7 Å². The van der Waals surface area contributed by atoms with Crippen molar-refractivity contribution in [1.29, 1.82) is 0 Å². The van der Waals surface area contributed by atoms with Gasteiger partial charge in [0.1, 0.15) is 9.85 Å². The standard InChI is InChI=1S/C26H23ClN4O4S2/c1-14-7-10-19(15(2)11-14)30-25(33)23-17-5-3-4-6-21(17)37-24(23)29-26(30)36-13-22(32)28-16-8-9-18(27)20(12-16)31(34)35/h7-12H,3-6,13H2,1-2H3,(H,28,32). The molecule has 0 bridgehead atoms. The lowest BCUT2D eigenvalue weighted by Gasteiger charge is -2.15. The Labute approximate surface area is 225 Å². The van der Waals surface area contributed by atoms with Crippen molar-refractivity contribution in [3.8, 4) is 5.69 Å². The number of aromatic nitrogens is 2. The molecule has 4 aromatic rings. The van der Waals surface area contributed by atoms with Crippen molar-refractivity contribution < 1.29 is 9.72 Å².